The van der Waals surface area contributed by atoms with Crippen LogP contribution in [-0.2, 0) is 10.1 Å². The molecule has 0 saturated heterocycles. The summed E-state index contributed by atoms with van der Waals surface area (Å²) >= 11 is 0. The number of benzene rings is 3. The Balaban J connectivity index is 1.62. The van der Waals surface area contributed by atoms with Gasteiger partial charge in [-0.3, -0.25) is 4.79 Å². The molecule has 0 unspecified atom stereocenters. The average molecular weight is 394 g/mol. The molecule has 3 aromatic carbocycles. The maximum atomic E-state index is 12.5. The van der Waals surface area contributed by atoms with Gasteiger partial charge in [0, 0.05) is 6.07 Å². The summed E-state index contributed by atoms with van der Waals surface area (Å²) in [5.74, 6) is 0.366. The highest BCUT2D eigenvalue weighted by atomic mass is 32.2. The lowest BCUT2D eigenvalue weighted by molar-refractivity contribution is 0.0850. The summed E-state index contributed by atoms with van der Waals surface area (Å²) in [6.07, 6.45) is -0.177. The van der Waals surface area contributed by atoms with Crippen LogP contribution in [-0.4, -0.2) is 14.2 Å². The molecular formula is C22H18O5S. The van der Waals surface area contributed by atoms with E-state index in [2.05, 4.69) is 0 Å². The summed E-state index contributed by atoms with van der Waals surface area (Å²) < 4.78 is 36.2. The van der Waals surface area contributed by atoms with Crippen LogP contribution in [0.3, 0.4) is 0 Å². The summed E-state index contributed by atoms with van der Waals surface area (Å²) in [5, 5.41) is 0. The Morgan fingerprint density at radius 2 is 1.68 bits per heavy atom. The predicted octanol–water partition coefficient (Wildman–Crippen LogP) is 4.47. The normalized spacial score (nSPS) is 16.2. The standard InChI is InChI=1S/C22H18O5S/c1-15-7-10-18(11-8-15)28(24,25)27-17-9-12-19-20(23)14-21(26-22(19)13-17)16-5-3-2-4-6-16/h2-13,21H,14H2,1H3/t21-/m0/s1. The quantitative estimate of drug-likeness (QED) is 0.611. The molecule has 0 spiro atoms. The van der Waals surface area contributed by atoms with Crippen LogP contribution < -0.4 is 8.92 Å². The Kier molecular flexibility index (Phi) is 4.65. The van der Waals surface area contributed by atoms with Crippen molar-refractivity contribution in [1.29, 1.82) is 0 Å². The highest BCUT2D eigenvalue weighted by Gasteiger charge is 2.28. The monoisotopic (exact) mass is 394 g/mol. The highest BCUT2D eigenvalue weighted by Crippen LogP contribution is 2.37. The van der Waals surface area contributed by atoms with Crippen molar-refractivity contribution in [2.75, 3.05) is 0 Å². The number of aryl methyl sites for hydroxylation is 1. The second-order valence-corrected chi connectivity index (χ2v) is 8.20. The van der Waals surface area contributed by atoms with Gasteiger partial charge in [0.15, 0.2) is 5.78 Å². The SMILES string of the molecule is Cc1ccc(S(=O)(=O)Oc2ccc3c(c2)O[C@H](c2ccccc2)CC3=O)cc1. The Bertz CT molecular complexity index is 1120. The number of Topliss-reactive ketones (excluding diaryl/α,β-unsaturated/α-hetero) is 1. The molecule has 1 atom stereocenters. The second-order valence-electron chi connectivity index (χ2n) is 6.65. The molecule has 0 bridgehead atoms. The van der Waals surface area contributed by atoms with Crippen molar-refractivity contribution in [3.63, 3.8) is 0 Å². The van der Waals surface area contributed by atoms with Gasteiger partial charge in [-0.25, -0.2) is 0 Å². The number of rotatable bonds is 4. The molecule has 0 amide bonds. The van der Waals surface area contributed by atoms with Crippen LogP contribution in [0.4, 0.5) is 0 Å². The van der Waals surface area contributed by atoms with E-state index in [-0.39, 0.29) is 22.8 Å². The smallest absolute Gasteiger partial charge is 0.339 e. The lowest BCUT2D eigenvalue weighted by Crippen LogP contribution is -2.20. The predicted molar refractivity (Wildman–Crippen MR) is 104 cm³/mol. The van der Waals surface area contributed by atoms with E-state index in [0.29, 0.717) is 11.3 Å². The molecule has 6 heteroatoms. The molecule has 1 aliphatic heterocycles. The maximum absolute atomic E-state index is 12.5. The molecule has 0 N–H and O–H groups in total. The Morgan fingerprint density at radius 3 is 2.39 bits per heavy atom. The van der Waals surface area contributed by atoms with Crippen LogP contribution in [0.25, 0.3) is 0 Å². The number of carbonyl (C=O) groups is 1. The zero-order valence-corrected chi connectivity index (χ0v) is 16.0. The van der Waals surface area contributed by atoms with Crippen molar-refractivity contribution in [2.24, 2.45) is 0 Å². The molecule has 1 heterocycles. The Hall–Kier alpha value is -3.12. The summed E-state index contributed by atoms with van der Waals surface area (Å²) in [7, 11) is -3.98. The third-order valence-electron chi connectivity index (χ3n) is 4.58. The highest BCUT2D eigenvalue weighted by molar-refractivity contribution is 7.87. The summed E-state index contributed by atoms with van der Waals surface area (Å²) in [4.78, 5) is 12.5. The number of hydrogen-bond donors (Lipinski definition) is 0. The lowest BCUT2D eigenvalue weighted by Gasteiger charge is -2.25. The Morgan fingerprint density at radius 1 is 0.964 bits per heavy atom. The lowest BCUT2D eigenvalue weighted by atomic mass is 9.96. The van der Waals surface area contributed by atoms with E-state index in [1.807, 2.05) is 37.3 Å². The zero-order valence-electron chi connectivity index (χ0n) is 15.2. The largest absolute Gasteiger partial charge is 0.484 e. The van der Waals surface area contributed by atoms with Gasteiger partial charge in [-0.2, -0.15) is 8.42 Å². The van der Waals surface area contributed by atoms with Gasteiger partial charge in [-0.1, -0.05) is 48.0 Å². The van der Waals surface area contributed by atoms with Crippen LogP contribution in [0.1, 0.15) is 34.0 Å². The van der Waals surface area contributed by atoms with Crippen molar-refractivity contribution in [3.8, 4) is 11.5 Å². The van der Waals surface area contributed by atoms with Crippen LogP contribution in [0.5, 0.6) is 11.5 Å². The van der Waals surface area contributed by atoms with E-state index in [0.717, 1.165) is 11.1 Å². The second kappa shape index (κ2) is 7.13. The van der Waals surface area contributed by atoms with E-state index in [1.165, 1.54) is 24.3 Å². The van der Waals surface area contributed by atoms with Gasteiger partial charge in [-0.15, -0.1) is 0 Å². The molecule has 0 radical (unpaired) electrons. The minimum Gasteiger partial charge on any atom is -0.484 e. The van der Waals surface area contributed by atoms with Crippen molar-refractivity contribution in [2.45, 2.75) is 24.3 Å². The van der Waals surface area contributed by atoms with Gasteiger partial charge >= 0.3 is 10.1 Å². The number of carbonyl (C=O) groups excluding carboxylic acids is 1. The fourth-order valence-corrected chi connectivity index (χ4v) is 4.01. The minimum absolute atomic E-state index is 0.0527. The van der Waals surface area contributed by atoms with Crippen LogP contribution in [0, 0.1) is 6.92 Å². The first-order valence-corrected chi connectivity index (χ1v) is 10.2. The van der Waals surface area contributed by atoms with E-state index in [9.17, 15) is 13.2 Å². The minimum atomic E-state index is -3.98. The van der Waals surface area contributed by atoms with Crippen LogP contribution in [0.15, 0.2) is 77.7 Å². The van der Waals surface area contributed by atoms with E-state index >= 15 is 0 Å². The molecule has 28 heavy (non-hydrogen) atoms. The number of ketones is 1. The zero-order chi connectivity index (χ0) is 19.7. The van der Waals surface area contributed by atoms with Gasteiger partial charge in [-0.05, 0) is 36.8 Å². The third kappa shape index (κ3) is 3.64. The molecule has 142 valence electrons. The van der Waals surface area contributed by atoms with Gasteiger partial charge < -0.3 is 8.92 Å². The van der Waals surface area contributed by atoms with Crippen molar-refractivity contribution < 1.29 is 22.1 Å². The van der Waals surface area contributed by atoms with Gasteiger partial charge in [0.25, 0.3) is 0 Å². The van der Waals surface area contributed by atoms with E-state index in [1.54, 1.807) is 18.2 Å². The average Bonchev–Trinajstić information content (AvgIpc) is 2.68. The molecule has 4 rings (SSSR count). The van der Waals surface area contributed by atoms with Crippen molar-refractivity contribution >= 4 is 15.9 Å². The van der Waals surface area contributed by atoms with Crippen molar-refractivity contribution in [3.05, 3.63) is 89.5 Å². The first kappa shape index (κ1) is 18.3. The molecule has 0 aliphatic carbocycles. The van der Waals surface area contributed by atoms with E-state index < -0.39 is 16.2 Å². The topological polar surface area (TPSA) is 69.7 Å². The maximum Gasteiger partial charge on any atom is 0.339 e. The summed E-state index contributed by atoms with van der Waals surface area (Å²) in [5.41, 5.74) is 2.26. The first-order valence-electron chi connectivity index (χ1n) is 8.82. The van der Waals surface area contributed by atoms with E-state index in [4.69, 9.17) is 8.92 Å². The molecule has 0 aromatic heterocycles. The molecule has 0 saturated carbocycles. The summed E-state index contributed by atoms with van der Waals surface area (Å²) in [6, 6.07) is 20.3. The van der Waals surface area contributed by atoms with Crippen LogP contribution in [0.2, 0.25) is 0 Å². The first-order chi connectivity index (χ1) is 13.4. The van der Waals surface area contributed by atoms with Gasteiger partial charge in [0.1, 0.15) is 22.5 Å². The third-order valence-corrected chi connectivity index (χ3v) is 5.84. The number of hydrogen-bond acceptors (Lipinski definition) is 5. The van der Waals surface area contributed by atoms with Crippen LogP contribution >= 0.6 is 0 Å². The summed E-state index contributed by atoms with van der Waals surface area (Å²) in [6.45, 7) is 1.87. The fourth-order valence-electron chi connectivity index (χ4n) is 3.09. The van der Waals surface area contributed by atoms with Crippen molar-refractivity contribution in [1.82, 2.24) is 0 Å². The molecule has 1 aliphatic rings. The molecule has 3 aromatic rings. The van der Waals surface area contributed by atoms with Gasteiger partial charge in [0.05, 0.1) is 12.0 Å². The molecule has 5 nitrogen and oxygen atoms in total. The molecular weight excluding hydrogens is 376 g/mol. The number of fused-ring (bicyclic) bond motifs is 1. The van der Waals surface area contributed by atoms with Gasteiger partial charge in [0.2, 0.25) is 0 Å². The molecule has 0 fully saturated rings. The fraction of sp³-hybridized carbons (Fsp3) is 0.136. The number of ether oxygens (including phenoxy) is 1. The Labute approximate surface area is 163 Å².